The summed E-state index contributed by atoms with van der Waals surface area (Å²) >= 11 is 0. The van der Waals surface area contributed by atoms with Crippen molar-refractivity contribution in [3.05, 3.63) is 12.5 Å². The van der Waals surface area contributed by atoms with Crippen LogP contribution in [0.5, 0.6) is 0 Å². The SMILES string of the molecule is O=C(Cn1ncc2c(N3CCCCC3)ncnc21)NC1CCCCC1. The van der Waals surface area contributed by atoms with Crippen molar-refractivity contribution >= 4 is 22.8 Å². The number of fused-ring (bicyclic) bond motifs is 1. The van der Waals surface area contributed by atoms with Gasteiger partial charge in [-0.15, -0.1) is 0 Å². The van der Waals surface area contributed by atoms with Gasteiger partial charge in [0.1, 0.15) is 18.7 Å². The number of anilines is 1. The number of rotatable bonds is 4. The quantitative estimate of drug-likeness (QED) is 0.922. The van der Waals surface area contributed by atoms with E-state index < -0.39 is 0 Å². The minimum Gasteiger partial charge on any atom is -0.356 e. The Kier molecular flexibility index (Phi) is 4.81. The second-order valence-electron chi connectivity index (χ2n) is 7.19. The molecule has 2 aromatic heterocycles. The van der Waals surface area contributed by atoms with E-state index in [9.17, 15) is 4.79 Å². The molecule has 2 aromatic rings. The van der Waals surface area contributed by atoms with Gasteiger partial charge in [0.15, 0.2) is 5.65 Å². The summed E-state index contributed by atoms with van der Waals surface area (Å²) in [7, 11) is 0. The van der Waals surface area contributed by atoms with E-state index in [0.29, 0.717) is 6.04 Å². The molecule has 1 amide bonds. The largest absolute Gasteiger partial charge is 0.356 e. The fourth-order valence-electron chi connectivity index (χ4n) is 4.01. The standard InChI is InChI=1S/C18H26N6O/c25-16(22-14-7-3-1-4-8-14)12-24-18-15(11-21-24)17(19-13-20-18)23-9-5-2-6-10-23/h11,13-14H,1-10,12H2,(H,22,25). The average Bonchev–Trinajstić information content (AvgIpc) is 3.06. The van der Waals surface area contributed by atoms with Crippen molar-refractivity contribution in [1.82, 2.24) is 25.1 Å². The van der Waals surface area contributed by atoms with Crippen LogP contribution in [-0.4, -0.2) is 44.8 Å². The molecule has 7 nitrogen and oxygen atoms in total. The predicted octanol–water partition coefficient (Wildman–Crippen LogP) is 2.27. The molecule has 134 valence electrons. The van der Waals surface area contributed by atoms with Gasteiger partial charge in [0.25, 0.3) is 0 Å². The number of nitrogens with zero attached hydrogens (tertiary/aromatic N) is 5. The maximum atomic E-state index is 12.4. The first-order chi connectivity index (χ1) is 12.3. The summed E-state index contributed by atoms with van der Waals surface area (Å²) in [5, 5.41) is 8.50. The molecule has 1 saturated carbocycles. The molecule has 0 aromatic carbocycles. The van der Waals surface area contributed by atoms with Gasteiger partial charge in [-0.25, -0.2) is 14.6 Å². The minimum absolute atomic E-state index is 0.0232. The molecule has 1 aliphatic heterocycles. The van der Waals surface area contributed by atoms with Crippen LogP contribution in [0, 0.1) is 0 Å². The highest BCUT2D eigenvalue weighted by molar-refractivity contribution is 5.87. The number of hydrogen-bond donors (Lipinski definition) is 1. The van der Waals surface area contributed by atoms with Crippen LogP contribution in [0.1, 0.15) is 51.4 Å². The Labute approximate surface area is 147 Å². The van der Waals surface area contributed by atoms with Crippen LogP contribution in [0.3, 0.4) is 0 Å². The van der Waals surface area contributed by atoms with E-state index in [-0.39, 0.29) is 12.5 Å². The van der Waals surface area contributed by atoms with Crippen molar-refractivity contribution in [3.8, 4) is 0 Å². The van der Waals surface area contributed by atoms with E-state index in [0.717, 1.165) is 42.8 Å². The highest BCUT2D eigenvalue weighted by atomic mass is 16.2. The number of nitrogens with one attached hydrogen (secondary N) is 1. The van der Waals surface area contributed by atoms with Gasteiger partial charge in [-0.2, -0.15) is 5.10 Å². The Bertz CT molecular complexity index is 730. The number of amides is 1. The molecule has 3 heterocycles. The molecule has 0 radical (unpaired) electrons. The zero-order chi connectivity index (χ0) is 17.1. The predicted molar refractivity (Wildman–Crippen MR) is 96.4 cm³/mol. The number of aromatic nitrogens is 4. The monoisotopic (exact) mass is 342 g/mol. The summed E-state index contributed by atoms with van der Waals surface area (Å²) in [4.78, 5) is 23.5. The summed E-state index contributed by atoms with van der Waals surface area (Å²) < 4.78 is 1.70. The second-order valence-corrected chi connectivity index (χ2v) is 7.19. The van der Waals surface area contributed by atoms with Crippen LogP contribution in [0.2, 0.25) is 0 Å². The summed E-state index contributed by atoms with van der Waals surface area (Å²) in [6, 6.07) is 0.321. The van der Waals surface area contributed by atoms with E-state index in [1.54, 1.807) is 17.2 Å². The Morgan fingerprint density at radius 3 is 2.64 bits per heavy atom. The summed E-state index contributed by atoms with van der Waals surface area (Å²) in [6.45, 7) is 2.27. The zero-order valence-electron chi connectivity index (χ0n) is 14.7. The Morgan fingerprint density at radius 2 is 1.84 bits per heavy atom. The van der Waals surface area contributed by atoms with Gasteiger partial charge in [0.2, 0.25) is 5.91 Å². The molecule has 2 fully saturated rings. The van der Waals surface area contributed by atoms with Crippen molar-refractivity contribution in [3.63, 3.8) is 0 Å². The Balaban J connectivity index is 1.49. The van der Waals surface area contributed by atoms with Crippen molar-refractivity contribution < 1.29 is 4.79 Å². The first-order valence-corrected chi connectivity index (χ1v) is 9.52. The smallest absolute Gasteiger partial charge is 0.242 e. The molecule has 0 spiro atoms. The number of hydrogen-bond acceptors (Lipinski definition) is 5. The molecule has 25 heavy (non-hydrogen) atoms. The van der Waals surface area contributed by atoms with E-state index in [2.05, 4.69) is 25.3 Å². The fraction of sp³-hybridized carbons (Fsp3) is 0.667. The van der Waals surface area contributed by atoms with E-state index in [4.69, 9.17) is 0 Å². The number of carbonyl (C=O) groups excluding carboxylic acids is 1. The zero-order valence-corrected chi connectivity index (χ0v) is 14.7. The molecular formula is C18H26N6O. The normalized spacial score (nSPS) is 19.3. The highest BCUT2D eigenvalue weighted by Crippen LogP contribution is 2.25. The van der Waals surface area contributed by atoms with Gasteiger partial charge in [-0.05, 0) is 32.1 Å². The molecular weight excluding hydrogens is 316 g/mol. The average molecular weight is 342 g/mol. The molecule has 0 unspecified atom stereocenters. The lowest BCUT2D eigenvalue weighted by atomic mass is 9.95. The first-order valence-electron chi connectivity index (χ1n) is 9.52. The third kappa shape index (κ3) is 3.60. The van der Waals surface area contributed by atoms with Gasteiger partial charge in [0, 0.05) is 19.1 Å². The number of carbonyl (C=O) groups is 1. The number of piperidine rings is 1. The first kappa shape index (κ1) is 16.3. The molecule has 1 N–H and O–H groups in total. The third-order valence-corrected chi connectivity index (χ3v) is 5.33. The molecule has 7 heteroatoms. The molecule has 0 bridgehead atoms. The van der Waals surface area contributed by atoms with Gasteiger partial charge in [0.05, 0.1) is 11.6 Å². The summed E-state index contributed by atoms with van der Waals surface area (Å²) in [5.74, 6) is 0.971. The van der Waals surface area contributed by atoms with E-state index in [1.807, 2.05) is 0 Å². The maximum absolute atomic E-state index is 12.4. The lowest BCUT2D eigenvalue weighted by Crippen LogP contribution is -2.38. The lowest BCUT2D eigenvalue weighted by Gasteiger charge is -2.27. The third-order valence-electron chi connectivity index (χ3n) is 5.33. The van der Waals surface area contributed by atoms with E-state index >= 15 is 0 Å². The van der Waals surface area contributed by atoms with Crippen molar-refractivity contribution in [2.75, 3.05) is 18.0 Å². The maximum Gasteiger partial charge on any atom is 0.242 e. The fourth-order valence-corrected chi connectivity index (χ4v) is 4.01. The van der Waals surface area contributed by atoms with Crippen molar-refractivity contribution in [2.24, 2.45) is 0 Å². The van der Waals surface area contributed by atoms with Crippen LogP contribution in [-0.2, 0) is 11.3 Å². The van der Waals surface area contributed by atoms with Crippen LogP contribution in [0.25, 0.3) is 11.0 Å². The molecule has 1 saturated heterocycles. The molecule has 1 aliphatic carbocycles. The van der Waals surface area contributed by atoms with Gasteiger partial charge in [-0.1, -0.05) is 19.3 Å². The molecule has 2 aliphatic rings. The minimum atomic E-state index is 0.0232. The van der Waals surface area contributed by atoms with Gasteiger partial charge >= 0.3 is 0 Å². The molecule has 4 rings (SSSR count). The van der Waals surface area contributed by atoms with Crippen LogP contribution >= 0.6 is 0 Å². The Morgan fingerprint density at radius 1 is 1.08 bits per heavy atom. The van der Waals surface area contributed by atoms with Crippen LogP contribution in [0.15, 0.2) is 12.5 Å². The van der Waals surface area contributed by atoms with Crippen molar-refractivity contribution in [1.29, 1.82) is 0 Å². The van der Waals surface area contributed by atoms with Crippen LogP contribution < -0.4 is 10.2 Å². The van der Waals surface area contributed by atoms with Crippen LogP contribution in [0.4, 0.5) is 5.82 Å². The lowest BCUT2D eigenvalue weighted by molar-refractivity contribution is -0.122. The molecule has 0 atom stereocenters. The van der Waals surface area contributed by atoms with Gasteiger partial charge in [-0.3, -0.25) is 4.79 Å². The summed E-state index contributed by atoms with van der Waals surface area (Å²) in [6.07, 6.45) is 12.9. The topological polar surface area (TPSA) is 75.9 Å². The van der Waals surface area contributed by atoms with Crippen molar-refractivity contribution in [2.45, 2.75) is 64.0 Å². The summed E-state index contributed by atoms with van der Waals surface area (Å²) in [5.41, 5.74) is 0.745. The van der Waals surface area contributed by atoms with Gasteiger partial charge < -0.3 is 10.2 Å². The second kappa shape index (κ2) is 7.37. The Hall–Kier alpha value is -2.18. The highest BCUT2D eigenvalue weighted by Gasteiger charge is 2.20. The van der Waals surface area contributed by atoms with E-state index in [1.165, 1.54) is 38.5 Å².